The summed E-state index contributed by atoms with van der Waals surface area (Å²) in [6.07, 6.45) is 2.28. The Morgan fingerprint density at radius 2 is 0.966 bits per heavy atom. The zero-order valence-corrected chi connectivity index (χ0v) is 32.4. The Labute approximate surface area is 332 Å². The van der Waals surface area contributed by atoms with E-state index in [-0.39, 0.29) is 59.0 Å². The Morgan fingerprint density at radius 3 is 1.34 bits per heavy atom. The van der Waals surface area contributed by atoms with Gasteiger partial charge in [0.25, 0.3) is 0 Å². The highest BCUT2D eigenvalue weighted by Gasteiger charge is 2.44. The van der Waals surface area contributed by atoms with E-state index in [0.29, 0.717) is 0 Å². The molecule has 1 atom stereocenters. The second-order valence-electron chi connectivity index (χ2n) is 12.4. The van der Waals surface area contributed by atoms with Crippen molar-refractivity contribution in [2.45, 2.75) is 39.7 Å². The maximum absolute atomic E-state index is 12.9. The number of nitrogens with zero attached hydrogens (tertiary/aromatic N) is 3. The largest absolute Gasteiger partial charge is 0.480 e. The van der Waals surface area contributed by atoms with E-state index in [0.717, 1.165) is 35.5 Å². The molecule has 0 rings (SSSR count). The standard InChI is InChI=1S/C34H51N3O21/c1-23(38)56-20-34(21-57-24(2)39,22-58-25(3)40)33(52)55-13-5-4-11-53-12-6-14-54-31(49)15-26(32(50)51)37(9-7-35(16-27(41)42)17-28(43)44)10-8-36(18-29(45)46)19-30(47)48/h4-5,26H,6-22H2,1-3H3,(H,41,42)(H,43,44)(H,45,46)(H,47,48)(H,50,51)/b5-4+. The second-order valence-corrected chi connectivity index (χ2v) is 12.4. The number of ether oxygens (including phenoxy) is 6. The van der Waals surface area contributed by atoms with Gasteiger partial charge < -0.3 is 54.0 Å². The third kappa shape index (κ3) is 25.4. The monoisotopic (exact) mass is 837 g/mol. The molecule has 328 valence electrons. The molecule has 0 radical (unpaired) electrons. The first-order chi connectivity index (χ1) is 27.2. The summed E-state index contributed by atoms with van der Waals surface area (Å²) >= 11 is 0. The van der Waals surface area contributed by atoms with Gasteiger partial charge in [0.1, 0.15) is 32.5 Å². The first-order valence-electron chi connectivity index (χ1n) is 17.4. The van der Waals surface area contributed by atoms with Gasteiger partial charge in [0, 0.05) is 53.4 Å². The Morgan fingerprint density at radius 1 is 0.552 bits per heavy atom. The number of aliphatic carboxylic acids is 5. The Kier molecular flexibility index (Phi) is 25.8. The van der Waals surface area contributed by atoms with E-state index < -0.39 is 124 Å². The first kappa shape index (κ1) is 52.3. The molecule has 0 saturated heterocycles. The summed E-state index contributed by atoms with van der Waals surface area (Å²) in [5.74, 6) is -11.2. The lowest BCUT2D eigenvalue weighted by Crippen LogP contribution is -2.50. The number of carbonyl (C=O) groups is 10. The van der Waals surface area contributed by atoms with Crippen LogP contribution in [0.5, 0.6) is 0 Å². The number of esters is 5. The number of carbonyl (C=O) groups excluding carboxylic acids is 5. The molecular formula is C34H51N3O21. The van der Waals surface area contributed by atoms with Crippen molar-refractivity contribution in [2.24, 2.45) is 5.41 Å². The summed E-state index contributed by atoms with van der Waals surface area (Å²) < 4.78 is 30.5. The summed E-state index contributed by atoms with van der Waals surface area (Å²) in [6, 6.07) is -1.62. The molecule has 0 aromatic carbocycles. The van der Waals surface area contributed by atoms with Crippen LogP contribution in [0.3, 0.4) is 0 Å². The van der Waals surface area contributed by atoms with Crippen LogP contribution in [0.15, 0.2) is 12.2 Å². The molecule has 0 saturated carbocycles. The van der Waals surface area contributed by atoms with Gasteiger partial charge in [-0.15, -0.1) is 0 Å². The van der Waals surface area contributed by atoms with Gasteiger partial charge in [-0.3, -0.25) is 62.6 Å². The minimum absolute atomic E-state index is 0.00256. The molecule has 0 aromatic heterocycles. The fourth-order valence-electron chi connectivity index (χ4n) is 4.68. The van der Waals surface area contributed by atoms with Crippen LogP contribution >= 0.6 is 0 Å². The summed E-state index contributed by atoms with van der Waals surface area (Å²) in [5.41, 5.74) is -1.84. The smallest absolute Gasteiger partial charge is 0.322 e. The van der Waals surface area contributed by atoms with E-state index >= 15 is 0 Å². The molecule has 0 bridgehead atoms. The molecule has 0 aromatic rings. The van der Waals surface area contributed by atoms with Crippen LogP contribution in [0.4, 0.5) is 0 Å². The van der Waals surface area contributed by atoms with Crippen molar-refractivity contribution in [1.29, 1.82) is 0 Å². The summed E-state index contributed by atoms with van der Waals surface area (Å²) in [7, 11) is 0. The van der Waals surface area contributed by atoms with E-state index in [9.17, 15) is 53.1 Å². The van der Waals surface area contributed by atoms with Gasteiger partial charge in [0.15, 0.2) is 5.41 Å². The fourth-order valence-corrected chi connectivity index (χ4v) is 4.68. The van der Waals surface area contributed by atoms with Crippen molar-refractivity contribution < 1.29 is 102 Å². The number of hydrogen-bond acceptors (Lipinski definition) is 19. The second kappa shape index (κ2) is 28.6. The molecule has 5 N–H and O–H groups in total. The van der Waals surface area contributed by atoms with Crippen molar-refractivity contribution in [3.63, 3.8) is 0 Å². The van der Waals surface area contributed by atoms with Gasteiger partial charge >= 0.3 is 59.7 Å². The SMILES string of the molecule is CC(=O)OCC(COC(C)=O)(COC(C)=O)C(=O)OC/C=C/COCCCOC(=O)CC(C(=O)O)N(CCN(CC(=O)O)CC(=O)O)CCN(CC(=O)O)CC(=O)O. The van der Waals surface area contributed by atoms with Crippen LogP contribution < -0.4 is 0 Å². The van der Waals surface area contributed by atoms with Crippen molar-refractivity contribution in [2.75, 3.05) is 98.6 Å². The lowest BCUT2D eigenvalue weighted by Gasteiger charge is -2.32. The maximum atomic E-state index is 12.9. The molecule has 0 aliphatic rings. The molecule has 1 unspecified atom stereocenters. The van der Waals surface area contributed by atoms with E-state index in [4.69, 9.17) is 48.8 Å². The highest BCUT2D eigenvalue weighted by atomic mass is 16.6. The molecule has 24 heteroatoms. The molecule has 0 aliphatic heterocycles. The summed E-state index contributed by atoms with van der Waals surface area (Å²) in [6.45, 7) is -3.13. The van der Waals surface area contributed by atoms with Gasteiger partial charge in [-0.25, -0.2) is 0 Å². The highest BCUT2D eigenvalue weighted by Crippen LogP contribution is 2.23. The maximum Gasteiger partial charge on any atom is 0.322 e. The van der Waals surface area contributed by atoms with Gasteiger partial charge in [0.2, 0.25) is 0 Å². The van der Waals surface area contributed by atoms with E-state index in [1.807, 2.05) is 0 Å². The molecule has 0 spiro atoms. The van der Waals surface area contributed by atoms with Crippen LogP contribution in [-0.4, -0.2) is 205 Å². The first-order valence-corrected chi connectivity index (χ1v) is 17.4. The van der Waals surface area contributed by atoms with E-state index in [1.165, 1.54) is 12.2 Å². The average molecular weight is 838 g/mol. The number of hydrogen-bond donors (Lipinski definition) is 5. The topological polar surface area (TPSA) is 337 Å². The quantitative estimate of drug-likeness (QED) is 0.0203. The van der Waals surface area contributed by atoms with E-state index in [1.54, 1.807) is 0 Å². The van der Waals surface area contributed by atoms with E-state index in [2.05, 4.69) is 0 Å². The summed E-state index contributed by atoms with van der Waals surface area (Å²) in [4.78, 5) is 120. The minimum Gasteiger partial charge on any atom is -0.480 e. The lowest BCUT2D eigenvalue weighted by molar-refractivity contribution is -0.177. The van der Waals surface area contributed by atoms with Gasteiger partial charge in [0.05, 0.1) is 52.4 Å². The van der Waals surface area contributed by atoms with Gasteiger partial charge in [-0.1, -0.05) is 6.08 Å². The molecule has 24 nitrogen and oxygen atoms in total. The molecule has 0 aliphatic carbocycles. The minimum atomic E-state index is -1.84. The Hall–Kier alpha value is -5.72. The Bertz CT molecular complexity index is 1330. The van der Waals surface area contributed by atoms with Crippen molar-refractivity contribution in [3.8, 4) is 0 Å². The van der Waals surface area contributed by atoms with Crippen molar-refractivity contribution in [1.82, 2.24) is 14.7 Å². The van der Waals surface area contributed by atoms with Crippen LogP contribution in [-0.2, 0) is 76.4 Å². The summed E-state index contributed by atoms with van der Waals surface area (Å²) in [5, 5.41) is 46.6. The molecule has 0 amide bonds. The zero-order chi connectivity index (χ0) is 44.3. The predicted octanol–water partition coefficient (Wildman–Crippen LogP) is -2.20. The third-order valence-electron chi connectivity index (χ3n) is 7.40. The van der Waals surface area contributed by atoms with Gasteiger partial charge in [-0.2, -0.15) is 0 Å². The van der Waals surface area contributed by atoms with Crippen molar-refractivity contribution >= 4 is 59.7 Å². The molecular weight excluding hydrogens is 786 g/mol. The third-order valence-corrected chi connectivity index (χ3v) is 7.40. The number of rotatable bonds is 33. The zero-order valence-electron chi connectivity index (χ0n) is 32.4. The highest BCUT2D eigenvalue weighted by molar-refractivity contribution is 5.82. The normalized spacial score (nSPS) is 11.9. The predicted molar refractivity (Wildman–Crippen MR) is 190 cm³/mol. The fraction of sp³-hybridized carbons (Fsp3) is 0.647. The van der Waals surface area contributed by atoms with Gasteiger partial charge in [-0.05, 0) is 6.08 Å². The average Bonchev–Trinajstić information content (AvgIpc) is 3.09. The lowest BCUT2D eigenvalue weighted by atomic mass is 9.91. The molecule has 0 fully saturated rings. The van der Waals surface area contributed by atoms with Crippen LogP contribution in [0.1, 0.15) is 33.6 Å². The van der Waals surface area contributed by atoms with Crippen LogP contribution in [0.25, 0.3) is 0 Å². The molecule has 58 heavy (non-hydrogen) atoms. The Balaban J connectivity index is 5.29. The van der Waals surface area contributed by atoms with Crippen LogP contribution in [0, 0.1) is 5.41 Å². The molecule has 0 heterocycles. The van der Waals surface area contributed by atoms with Crippen LogP contribution in [0.2, 0.25) is 0 Å². The van der Waals surface area contributed by atoms with Crippen molar-refractivity contribution in [3.05, 3.63) is 12.2 Å². The number of carboxylic acid groups (broad SMARTS) is 5. The number of carboxylic acids is 5.